The molecule has 0 saturated carbocycles. The van der Waals surface area contributed by atoms with Gasteiger partial charge in [0.2, 0.25) is 0 Å². The summed E-state index contributed by atoms with van der Waals surface area (Å²) in [6.45, 7) is 0. The van der Waals surface area contributed by atoms with Gasteiger partial charge >= 0.3 is 45.5 Å². The number of rotatable bonds is 0. The standard InChI is InChI=1S/CO4.Sr/c2-1(3)4-5-1;/q-2;+2. The Labute approximate surface area is 70.9 Å². The van der Waals surface area contributed by atoms with Crippen LogP contribution in [0.25, 0.3) is 0 Å². The fraction of sp³-hybridized carbons (Fsp3) is 1.00. The van der Waals surface area contributed by atoms with Crippen LogP contribution in [0.4, 0.5) is 0 Å². The first-order valence-electron chi connectivity index (χ1n) is 0.983. The predicted octanol–water partition coefficient (Wildman–Crippen LogP) is -3.10. The van der Waals surface area contributed by atoms with Crippen LogP contribution in [0.15, 0.2) is 0 Å². The molecule has 0 aromatic rings. The third-order valence-corrected chi connectivity index (χ3v) is 0.219. The van der Waals surface area contributed by atoms with E-state index >= 15 is 0 Å². The molecule has 0 spiro atoms. The Morgan fingerprint density at radius 3 is 1.33 bits per heavy atom. The summed E-state index contributed by atoms with van der Waals surface area (Å²) in [6.07, 6.45) is -2.75. The van der Waals surface area contributed by atoms with E-state index in [0.717, 1.165) is 0 Å². The van der Waals surface area contributed by atoms with Crippen molar-refractivity contribution in [3.05, 3.63) is 0 Å². The summed E-state index contributed by atoms with van der Waals surface area (Å²) in [4.78, 5) is 6.57. The van der Waals surface area contributed by atoms with Crippen LogP contribution < -0.4 is 10.2 Å². The third kappa shape index (κ3) is 2.49. The number of hydrogen-bond donors (Lipinski definition) is 0. The second-order valence-electron chi connectivity index (χ2n) is 0.667. The molecule has 4 nitrogen and oxygen atoms in total. The second kappa shape index (κ2) is 2.06. The molecule has 1 aliphatic rings. The number of hydrogen-bond acceptors (Lipinski definition) is 4. The van der Waals surface area contributed by atoms with Gasteiger partial charge in [-0.15, -0.1) is 0 Å². The molecule has 0 aliphatic carbocycles. The molecule has 1 heterocycles. The van der Waals surface area contributed by atoms with Gasteiger partial charge in [-0.2, -0.15) is 0 Å². The van der Waals surface area contributed by atoms with Crippen molar-refractivity contribution in [3.8, 4) is 0 Å². The molecule has 5 heteroatoms. The summed E-state index contributed by atoms with van der Waals surface area (Å²) in [6, 6.07) is 0. The van der Waals surface area contributed by atoms with Crippen molar-refractivity contribution in [2.45, 2.75) is 6.16 Å². The Morgan fingerprint density at radius 1 is 1.17 bits per heavy atom. The van der Waals surface area contributed by atoms with Gasteiger partial charge < -0.3 is 10.2 Å². The van der Waals surface area contributed by atoms with Gasteiger partial charge in [0, 0.05) is 0 Å². The summed E-state index contributed by atoms with van der Waals surface area (Å²) >= 11 is 0. The van der Waals surface area contributed by atoms with E-state index in [1.54, 1.807) is 0 Å². The largest absolute Gasteiger partial charge is 2.00 e. The molecule has 0 radical (unpaired) electrons. The van der Waals surface area contributed by atoms with Crippen LogP contribution in [0.2, 0.25) is 0 Å². The van der Waals surface area contributed by atoms with Gasteiger partial charge in [0.1, 0.15) is 0 Å². The molecular weight excluding hydrogens is 164 g/mol. The molecule has 1 saturated heterocycles. The van der Waals surface area contributed by atoms with Crippen molar-refractivity contribution in [2.24, 2.45) is 0 Å². The summed E-state index contributed by atoms with van der Waals surface area (Å²) < 4.78 is 0. The van der Waals surface area contributed by atoms with Gasteiger partial charge in [0.15, 0.2) is 0 Å². The molecule has 1 aliphatic heterocycles. The van der Waals surface area contributed by atoms with Crippen LogP contribution in [0, 0.1) is 0 Å². The van der Waals surface area contributed by atoms with E-state index in [1.165, 1.54) is 0 Å². The maximum atomic E-state index is 9.22. The van der Waals surface area contributed by atoms with E-state index < -0.39 is 6.16 Å². The zero-order valence-corrected chi connectivity index (χ0v) is 6.32. The van der Waals surface area contributed by atoms with E-state index in [4.69, 9.17) is 0 Å². The average Bonchev–Trinajstić information content (AvgIpc) is 1.76. The maximum absolute atomic E-state index is 9.22. The Balaban J connectivity index is 0.000000250. The Morgan fingerprint density at radius 2 is 1.33 bits per heavy atom. The first-order valence-corrected chi connectivity index (χ1v) is 0.983. The zero-order chi connectivity index (χ0) is 3.91. The minimum absolute atomic E-state index is 0. The smallest absolute Gasteiger partial charge is 0.815 e. The van der Waals surface area contributed by atoms with E-state index in [2.05, 4.69) is 9.78 Å². The van der Waals surface area contributed by atoms with Crippen LogP contribution in [-0.4, -0.2) is 51.6 Å². The molecule has 0 aromatic heterocycles. The van der Waals surface area contributed by atoms with Gasteiger partial charge in [-0.05, 0) is 0 Å². The molecular formula is CO4Sr. The molecule has 0 unspecified atom stereocenters. The Bertz CT molecular complexity index is 45.5. The van der Waals surface area contributed by atoms with Crippen molar-refractivity contribution in [2.75, 3.05) is 0 Å². The summed E-state index contributed by atoms with van der Waals surface area (Å²) in [5.41, 5.74) is 0. The molecule has 1 fully saturated rings. The van der Waals surface area contributed by atoms with E-state index in [9.17, 15) is 10.2 Å². The second-order valence-corrected chi connectivity index (χ2v) is 0.667. The maximum Gasteiger partial charge on any atom is 2.00 e. The van der Waals surface area contributed by atoms with Crippen molar-refractivity contribution >= 4 is 45.5 Å². The SMILES string of the molecule is [O-]C1([O-])OO1.[Sr+2]. The quantitative estimate of drug-likeness (QED) is 0.164. The molecule has 0 bridgehead atoms. The molecule has 30 valence electrons. The topological polar surface area (TPSA) is 71.2 Å². The van der Waals surface area contributed by atoms with Gasteiger partial charge in [0.05, 0.1) is 6.16 Å². The van der Waals surface area contributed by atoms with Crippen LogP contribution in [-0.2, 0) is 9.78 Å². The van der Waals surface area contributed by atoms with E-state index in [1.807, 2.05) is 0 Å². The molecule has 1 rings (SSSR count). The van der Waals surface area contributed by atoms with Crippen LogP contribution >= 0.6 is 0 Å². The predicted molar refractivity (Wildman–Crippen MR) is 10.7 cm³/mol. The van der Waals surface area contributed by atoms with Crippen molar-refractivity contribution in [1.82, 2.24) is 0 Å². The fourth-order valence-corrected chi connectivity index (χ4v) is 0.0340. The van der Waals surface area contributed by atoms with Crippen LogP contribution in [0.3, 0.4) is 0 Å². The molecule has 0 N–H and O–H groups in total. The molecule has 0 amide bonds. The average molecular weight is 164 g/mol. The zero-order valence-electron chi connectivity index (χ0n) is 2.84. The first-order chi connectivity index (χ1) is 2.21. The van der Waals surface area contributed by atoms with Gasteiger partial charge in [-0.3, -0.25) is 0 Å². The van der Waals surface area contributed by atoms with Crippen LogP contribution in [0.1, 0.15) is 0 Å². The van der Waals surface area contributed by atoms with E-state index in [0.29, 0.717) is 0 Å². The first kappa shape index (κ1) is 7.32. The van der Waals surface area contributed by atoms with E-state index in [-0.39, 0.29) is 45.5 Å². The van der Waals surface area contributed by atoms with Gasteiger partial charge in [-0.1, -0.05) is 0 Å². The monoisotopic (exact) mass is 164 g/mol. The van der Waals surface area contributed by atoms with Crippen molar-refractivity contribution < 1.29 is 20.0 Å². The third-order valence-electron chi connectivity index (χ3n) is 0.219. The van der Waals surface area contributed by atoms with Crippen molar-refractivity contribution in [1.29, 1.82) is 0 Å². The summed E-state index contributed by atoms with van der Waals surface area (Å²) in [7, 11) is 0. The fourth-order valence-electron chi connectivity index (χ4n) is 0.0340. The minimum atomic E-state index is -2.75. The molecule has 0 aromatic carbocycles. The Hall–Kier alpha value is 1.32. The van der Waals surface area contributed by atoms with Crippen LogP contribution in [0.5, 0.6) is 0 Å². The van der Waals surface area contributed by atoms with Crippen molar-refractivity contribution in [3.63, 3.8) is 0 Å². The normalized spacial score (nSPS) is 25.0. The van der Waals surface area contributed by atoms with Gasteiger partial charge in [-0.25, -0.2) is 9.78 Å². The van der Waals surface area contributed by atoms with Gasteiger partial charge in [0.25, 0.3) is 0 Å². The minimum Gasteiger partial charge on any atom is -0.815 e. The Kier molecular flexibility index (Phi) is 2.51. The summed E-state index contributed by atoms with van der Waals surface area (Å²) in [5.74, 6) is 0. The molecule has 6 heavy (non-hydrogen) atoms. The summed E-state index contributed by atoms with van der Waals surface area (Å²) in [5, 5.41) is 18.4. The molecule has 0 atom stereocenters.